The average molecular weight is 267 g/mol. The van der Waals surface area contributed by atoms with Gasteiger partial charge in [0.1, 0.15) is 5.75 Å². The Morgan fingerprint density at radius 2 is 2.17 bits per heavy atom. The predicted octanol–water partition coefficient (Wildman–Crippen LogP) is 3.56. The van der Waals surface area contributed by atoms with Crippen LogP contribution in [0.15, 0.2) is 11.0 Å². The molecule has 1 atom stereocenters. The highest BCUT2D eigenvalue weighted by molar-refractivity contribution is 7.99. The topological polar surface area (TPSA) is 32.7 Å². The van der Waals surface area contributed by atoms with Gasteiger partial charge in [0, 0.05) is 7.05 Å². The summed E-state index contributed by atoms with van der Waals surface area (Å²) < 4.78 is 5.51. The van der Waals surface area contributed by atoms with E-state index in [0.29, 0.717) is 0 Å². The molecule has 18 heavy (non-hydrogen) atoms. The van der Waals surface area contributed by atoms with Gasteiger partial charge in [0.15, 0.2) is 0 Å². The Bertz CT molecular complexity index is 446. The number of hydroxylamine groups is 2. The number of rotatable bonds is 2. The van der Waals surface area contributed by atoms with Gasteiger partial charge in [-0.1, -0.05) is 0 Å². The third-order valence-corrected chi connectivity index (χ3v) is 4.89. The Morgan fingerprint density at radius 3 is 2.78 bits per heavy atom. The number of nitrogens with zero attached hydrogens (tertiary/aromatic N) is 1. The molecular formula is C14H21NO2S. The van der Waals surface area contributed by atoms with E-state index in [9.17, 15) is 5.21 Å². The zero-order valence-electron chi connectivity index (χ0n) is 11.5. The van der Waals surface area contributed by atoms with E-state index < -0.39 is 0 Å². The van der Waals surface area contributed by atoms with Crippen LogP contribution in [-0.2, 0) is 0 Å². The zero-order valence-corrected chi connectivity index (χ0v) is 12.3. The number of methoxy groups -OCH3 is 1. The number of benzene rings is 1. The van der Waals surface area contributed by atoms with Crippen molar-refractivity contribution in [2.75, 3.05) is 19.9 Å². The summed E-state index contributed by atoms with van der Waals surface area (Å²) in [5.41, 5.74) is 3.73. The van der Waals surface area contributed by atoms with Gasteiger partial charge in [-0.05, 0) is 55.2 Å². The number of fused-ring (bicyclic) bond motifs is 1. The molecule has 0 aromatic heterocycles. The van der Waals surface area contributed by atoms with Crippen LogP contribution in [0, 0.1) is 13.8 Å². The van der Waals surface area contributed by atoms with Crippen LogP contribution in [0.1, 0.15) is 35.6 Å². The van der Waals surface area contributed by atoms with Crippen molar-refractivity contribution in [1.29, 1.82) is 0 Å². The van der Waals surface area contributed by atoms with Crippen molar-refractivity contribution in [3.05, 3.63) is 22.8 Å². The van der Waals surface area contributed by atoms with Gasteiger partial charge >= 0.3 is 0 Å². The van der Waals surface area contributed by atoms with Crippen LogP contribution in [0.5, 0.6) is 5.75 Å². The van der Waals surface area contributed by atoms with E-state index in [1.807, 2.05) is 11.8 Å². The van der Waals surface area contributed by atoms with E-state index in [0.717, 1.165) is 24.3 Å². The molecule has 1 aliphatic rings. The molecule has 0 fully saturated rings. The Morgan fingerprint density at radius 1 is 1.44 bits per heavy atom. The SMILES string of the molecule is COc1cc(C)c(C)c2c1SCCCC2N(C)O. The van der Waals surface area contributed by atoms with Gasteiger partial charge in [-0.25, -0.2) is 0 Å². The largest absolute Gasteiger partial charge is 0.496 e. The van der Waals surface area contributed by atoms with E-state index in [1.165, 1.54) is 26.6 Å². The summed E-state index contributed by atoms with van der Waals surface area (Å²) in [4.78, 5) is 1.20. The van der Waals surface area contributed by atoms with E-state index in [4.69, 9.17) is 4.74 Å². The molecule has 4 heteroatoms. The minimum absolute atomic E-state index is 0.0730. The van der Waals surface area contributed by atoms with Gasteiger partial charge in [-0.15, -0.1) is 11.8 Å². The molecule has 0 radical (unpaired) electrons. The molecule has 1 aromatic rings. The summed E-state index contributed by atoms with van der Waals surface area (Å²) in [5.74, 6) is 2.02. The van der Waals surface area contributed by atoms with Gasteiger partial charge in [0.2, 0.25) is 0 Å². The highest BCUT2D eigenvalue weighted by atomic mass is 32.2. The minimum atomic E-state index is 0.0730. The molecule has 1 aliphatic heterocycles. The van der Waals surface area contributed by atoms with Gasteiger partial charge in [0.25, 0.3) is 0 Å². The first-order chi connectivity index (χ1) is 8.56. The molecule has 2 rings (SSSR count). The maximum atomic E-state index is 9.91. The van der Waals surface area contributed by atoms with Crippen molar-refractivity contribution in [1.82, 2.24) is 5.06 Å². The summed E-state index contributed by atoms with van der Waals surface area (Å²) in [7, 11) is 3.45. The summed E-state index contributed by atoms with van der Waals surface area (Å²) >= 11 is 1.84. The van der Waals surface area contributed by atoms with E-state index in [-0.39, 0.29) is 6.04 Å². The Hall–Kier alpha value is -0.710. The predicted molar refractivity (Wildman–Crippen MR) is 74.7 cm³/mol. The number of hydrogen-bond acceptors (Lipinski definition) is 4. The second-order valence-corrected chi connectivity index (χ2v) is 5.95. The third-order valence-electron chi connectivity index (χ3n) is 3.68. The maximum Gasteiger partial charge on any atom is 0.133 e. The quantitative estimate of drug-likeness (QED) is 0.831. The van der Waals surface area contributed by atoms with Crippen LogP contribution in [0.4, 0.5) is 0 Å². The number of thioether (sulfide) groups is 1. The smallest absolute Gasteiger partial charge is 0.133 e. The highest BCUT2D eigenvalue weighted by Gasteiger charge is 2.27. The van der Waals surface area contributed by atoms with E-state index in [1.54, 1.807) is 14.2 Å². The monoisotopic (exact) mass is 267 g/mol. The Kier molecular flexibility index (Phi) is 4.20. The minimum Gasteiger partial charge on any atom is -0.496 e. The first kappa shape index (κ1) is 13.7. The highest BCUT2D eigenvalue weighted by Crippen LogP contribution is 2.44. The molecule has 0 spiro atoms. The average Bonchev–Trinajstić information content (AvgIpc) is 2.56. The van der Waals surface area contributed by atoms with Crippen LogP contribution >= 0.6 is 11.8 Å². The van der Waals surface area contributed by atoms with Crippen molar-refractivity contribution >= 4 is 11.8 Å². The summed E-state index contributed by atoms with van der Waals surface area (Å²) in [6.45, 7) is 4.23. The number of ether oxygens (including phenoxy) is 1. The first-order valence-corrected chi connectivity index (χ1v) is 7.27. The second-order valence-electron chi connectivity index (χ2n) is 4.84. The van der Waals surface area contributed by atoms with Gasteiger partial charge < -0.3 is 9.94 Å². The molecule has 1 aromatic carbocycles. The molecular weight excluding hydrogens is 246 g/mol. The molecule has 0 saturated carbocycles. The number of hydrogen-bond donors (Lipinski definition) is 1. The molecule has 1 heterocycles. The molecule has 3 nitrogen and oxygen atoms in total. The lowest BCUT2D eigenvalue weighted by atomic mass is 9.94. The van der Waals surface area contributed by atoms with Crippen LogP contribution in [0.3, 0.4) is 0 Å². The zero-order chi connectivity index (χ0) is 13.3. The molecule has 1 unspecified atom stereocenters. The molecule has 0 bridgehead atoms. The van der Waals surface area contributed by atoms with Crippen molar-refractivity contribution < 1.29 is 9.94 Å². The Balaban J connectivity index is 2.64. The summed E-state index contributed by atoms with van der Waals surface area (Å²) in [6, 6.07) is 2.17. The number of aryl methyl sites for hydroxylation is 1. The lowest BCUT2D eigenvalue weighted by Gasteiger charge is -2.26. The first-order valence-electron chi connectivity index (χ1n) is 6.28. The van der Waals surface area contributed by atoms with Gasteiger partial charge in [-0.2, -0.15) is 5.06 Å². The van der Waals surface area contributed by atoms with Crippen LogP contribution in [0.2, 0.25) is 0 Å². The maximum absolute atomic E-state index is 9.91. The molecule has 0 aliphatic carbocycles. The van der Waals surface area contributed by atoms with Crippen LogP contribution in [-0.4, -0.2) is 30.2 Å². The van der Waals surface area contributed by atoms with Gasteiger partial charge in [0.05, 0.1) is 18.0 Å². The molecule has 1 N–H and O–H groups in total. The Labute approximate surface area is 113 Å². The van der Waals surface area contributed by atoms with Crippen molar-refractivity contribution in [2.45, 2.75) is 37.6 Å². The fraction of sp³-hybridized carbons (Fsp3) is 0.571. The summed E-state index contributed by atoms with van der Waals surface area (Å²) in [5, 5.41) is 11.3. The lowest BCUT2D eigenvalue weighted by Crippen LogP contribution is -2.22. The van der Waals surface area contributed by atoms with E-state index >= 15 is 0 Å². The summed E-state index contributed by atoms with van der Waals surface area (Å²) in [6.07, 6.45) is 2.09. The van der Waals surface area contributed by atoms with Crippen molar-refractivity contribution in [3.63, 3.8) is 0 Å². The van der Waals surface area contributed by atoms with E-state index in [2.05, 4.69) is 19.9 Å². The standard InChI is InChI=1S/C14H21NO2S/c1-9-8-12(17-4)14-13(10(9)2)11(15(3)16)6-5-7-18-14/h8,11,16H,5-7H2,1-4H3. The van der Waals surface area contributed by atoms with Crippen molar-refractivity contribution in [2.24, 2.45) is 0 Å². The van der Waals surface area contributed by atoms with Crippen molar-refractivity contribution in [3.8, 4) is 5.75 Å². The third kappa shape index (κ3) is 2.37. The fourth-order valence-electron chi connectivity index (χ4n) is 2.56. The lowest BCUT2D eigenvalue weighted by molar-refractivity contribution is -0.107. The molecule has 0 amide bonds. The molecule has 0 saturated heterocycles. The van der Waals surface area contributed by atoms with Crippen LogP contribution < -0.4 is 4.74 Å². The fourth-order valence-corrected chi connectivity index (χ4v) is 3.80. The second kappa shape index (κ2) is 5.51. The normalized spacial score (nSPS) is 19.6. The molecule has 100 valence electrons. The van der Waals surface area contributed by atoms with Crippen LogP contribution in [0.25, 0.3) is 0 Å². The van der Waals surface area contributed by atoms with Gasteiger partial charge in [-0.3, -0.25) is 0 Å².